The minimum Gasteiger partial charge on any atom is -0.484 e. The van der Waals surface area contributed by atoms with E-state index in [0.717, 1.165) is 17.9 Å². The van der Waals surface area contributed by atoms with Gasteiger partial charge in [-0.25, -0.2) is 4.98 Å². The molecule has 2 rings (SSSR count). The zero-order valence-corrected chi connectivity index (χ0v) is 12.8. The van der Waals surface area contributed by atoms with Crippen molar-refractivity contribution in [3.05, 3.63) is 47.0 Å². The Morgan fingerprint density at radius 1 is 1.45 bits per heavy atom. The molecular formula is C15H20ClN3O. The van der Waals surface area contributed by atoms with Crippen molar-refractivity contribution in [1.29, 1.82) is 0 Å². The third-order valence-corrected chi connectivity index (χ3v) is 3.68. The molecular weight excluding hydrogens is 274 g/mol. The van der Waals surface area contributed by atoms with Crippen molar-refractivity contribution in [3.8, 4) is 5.75 Å². The van der Waals surface area contributed by atoms with E-state index in [-0.39, 0.29) is 6.04 Å². The molecule has 0 aliphatic carbocycles. The molecule has 0 saturated heterocycles. The summed E-state index contributed by atoms with van der Waals surface area (Å²) in [6.45, 7) is 5.46. The van der Waals surface area contributed by atoms with Gasteiger partial charge in [0, 0.05) is 25.0 Å². The van der Waals surface area contributed by atoms with E-state index in [9.17, 15) is 0 Å². The van der Waals surface area contributed by atoms with Gasteiger partial charge in [0.05, 0.1) is 5.02 Å². The summed E-state index contributed by atoms with van der Waals surface area (Å²) in [4.78, 5) is 4.28. The number of ether oxygens (including phenoxy) is 1. The molecule has 0 saturated carbocycles. The fraction of sp³-hybridized carbons (Fsp3) is 0.400. The number of nitrogens with one attached hydrogen (secondary N) is 1. The largest absolute Gasteiger partial charge is 0.484 e. The highest BCUT2D eigenvalue weighted by molar-refractivity contribution is 6.32. The second kappa shape index (κ2) is 6.77. The predicted molar refractivity (Wildman–Crippen MR) is 81.2 cm³/mol. The summed E-state index contributed by atoms with van der Waals surface area (Å²) in [6.07, 6.45) is 3.72. The van der Waals surface area contributed by atoms with Gasteiger partial charge in [-0.2, -0.15) is 0 Å². The molecule has 4 nitrogen and oxygen atoms in total. The molecule has 1 unspecified atom stereocenters. The van der Waals surface area contributed by atoms with Gasteiger partial charge in [0.15, 0.2) is 0 Å². The number of benzene rings is 1. The maximum Gasteiger partial charge on any atom is 0.146 e. The second-order valence-corrected chi connectivity index (χ2v) is 5.03. The van der Waals surface area contributed by atoms with Gasteiger partial charge in [-0.05, 0) is 38.6 Å². The normalized spacial score (nSPS) is 12.4. The van der Waals surface area contributed by atoms with Gasteiger partial charge in [0.1, 0.15) is 18.2 Å². The Bertz CT molecular complexity index is 568. The first-order chi connectivity index (χ1) is 9.65. The van der Waals surface area contributed by atoms with Crippen LogP contribution in [0, 0.1) is 0 Å². The molecule has 0 aliphatic rings. The number of nitrogens with zero attached hydrogens (tertiary/aromatic N) is 2. The first kappa shape index (κ1) is 14.9. The van der Waals surface area contributed by atoms with Gasteiger partial charge in [-0.1, -0.05) is 17.7 Å². The molecule has 0 amide bonds. The van der Waals surface area contributed by atoms with Crippen molar-refractivity contribution < 1.29 is 4.74 Å². The van der Waals surface area contributed by atoms with Gasteiger partial charge in [0.25, 0.3) is 0 Å². The molecule has 0 fully saturated rings. The van der Waals surface area contributed by atoms with Crippen LogP contribution in [0.3, 0.4) is 0 Å². The monoisotopic (exact) mass is 293 g/mol. The average molecular weight is 294 g/mol. The maximum absolute atomic E-state index is 6.26. The smallest absolute Gasteiger partial charge is 0.146 e. The number of halogens is 1. The summed E-state index contributed by atoms with van der Waals surface area (Å²) in [7, 11) is 1.92. The quantitative estimate of drug-likeness (QED) is 0.887. The average Bonchev–Trinajstić information content (AvgIpc) is 2.92. The topological polar surface area (TPSA) is 39.1 Å². The summed E-state index contributed by atoms with van der Waals surface area (Å²) in [6, 6.07) is 6.13. The summed E-state index contributed by atoms with van der Waals surface area (Å²) in [5, 5.41) is 3.81. The van der Waals surface area contributed by atoms with Gasteiger partial charge in [-0.15, -0.1) is 0 Å². The van der Waals surface area contributed by atoms with Crippen molar-refractivity contribution in [2.75, 3.05) is 7.05 Å². The lowest BCUT2D eigenvalue weighted by Gasteiger charge is -2.13. The minimum atomic E-state index is 0.264. The zero-order valence-electron chi connectivity index (χ0n) is 12.1. The van der Waals surface area contributed by atoms with Gasteiger partial charge in [-0.3, -0.25) is 0 Å². The molecule has 20 heavy (non-hydrogen) atoms. The van der Waals surface area contributed by atoms with Gasteiger partial charge < -0.3 is 14.6 Å². The highest BCUT2D eigenvalue weighted by Crippen LogP contribution is 2.28. The number of imidazole rings is 1. The van der Waals surface area contributed by atoms with Crippen LogP contribution in [0.25, 0.3) is 0 Å². The summed E-state index contributed by atoms with van der Waals surface area (Å²) in [5.41, 5.74) is 1.14. The number of rotatable bonds is 6. The van der Waals surface area contributed by atoms with Crippen LogP contribution >= 0.6 is 11.6 Å². The van der Waals surface area contributed by atoms with Crippen LogP contribution in [0.4, 0.5) is 0 Å². The Morgan fingerprint density at radius 2 is 2.25 bits per heavy atom. The van der Waals surface area contributed by atoms with Crippen LogP contribution in [-0.2, 0) is 13.2 Å². The van der Waals surface area contributed by atoms with E-state index in [1.165, 1.54) is 0 Å². The first-order valence-corrected chi connectivity index (χ1v) is 7.13. The number of hydrogen-bond acceptors (Lipinski definition) is 3. The Balaban J connectivity index is 2.07. The molecule has 0 spiro atoms. The number of aromatic nitrogens is 2. The SMILES string of the molecule is CCn1ccnc1COc1ccc(C(C)NC)cc1Cl. The van der Waals surface area contributed by atoms with E-state index in [4.69, 9.17) is 16.3 Å². The van der Waals surface area contributed by atoms with Crippen LogP contribution in [0.15, 0.2) is 30.6 Å². The summed E-state index contributed by atoms with van der Waals surface area (Å²) >= 11 is 6.26. The third-order valence-electron chi connectivity index (χ3n) is 3.39. The van der Waals surface area contributed by atoms with Crippen LogP contribution < -0.4 is 10.1 Å². The van der Waals surface area contributed by atoms with E-state index in [1.54, 1.807) is 6.20 Å². The summed E-state index contributed by atoms with van der Waals surface area (Å²) < 4.78 is 7.80. The summed E-state index contributed by atoms with van der Waals surface area (Å²) in [5.74, 6) is 1.58. The molecule has 2 aromatic rings. The molecule has 0 aliphatic heterocycles. The maximum atomic E-state index is 6.26. The van der Waals surface area contributed by atoms with Crippen LogP contribution in [0.1, 0.15) is 31.3 Å². The standard InChI is InChI=1S/C15H20ClN3O/c1-4-19-8-7-18-15(19)10-20-14-6-5-12(9-13(14)16)11(2)17-3/h5-9,11,17H,4,10H2,1-3H3. The molecule has 5 heteroatoms. The minimum absolute atomic E-state index is 0.264. The zero-order chi connectivity index (χ0) is 14.5. The lowest BCUT2D eigenvalue weighted by Crippen LogP contribution is -2.12. The molecule has 1 heterocycles. The molecule has 1 atom stereocenters. The lowest BCUT2D eigenvalue weighted by atomic mass is 10.1. The predicted octanol–water partition coefficient (Wildman–Crippen LogP) is 3.42. The molecule has 0 bridgehead atoms. The first-order valence-electron chi connectivity index (χ1n) is 6.75. The number of aryl methyl sites for hydroxylation is 1. The second-order valence-electron chi connectivity index (χ2n) is 4.62. The van der Waals surface area contributed by atoms with E-state index >= 15 is 0 Å². The highest BCUT2D eigenvalue weighted by atomic mass is 35.5. The van der Waals surface area contributed by atoms with E-state index in [1.807, 2.05) is 36.0 Å². The highest BCUT2D eigenvalue weighted by Gasteiger charge is 2.09. The van der Waals surface area contributed by atoms with Gasteiger partial charge >= 0.3 is 0 Å². The van der Waals surface area contributed by atoms with Gasteiger partial charge in [0.2, 0.25) is 0 Å². The van der Waals surface area contributed by atoms with Crippen molar-refractivity contribution in [1.82, 2.24) is 14.9 Å². The van der Waals surface area contributed by atoms with E-state index in [2.05, 4.69) is 24.1 Å². The van der Waals surface area contributed by atoms with Crippen LogP contribution in [0.2, 0.25) is 5.02 Å². The fourth-order valence-corrected chi connectivity index (χ4v) is 2.22. The lowest BCUT2D eigenvalue weighted by molar-refractivity contribution is 0.290. The Kier molecular flexibility index (Phi) is 5.04. The van der Waals surface area contributed by atoms with Crippen molar-refractivity contribution in [3.63, 3.8) is 0 Å². The van der Waals surface area contributed by atoms with Crippen molar-refractivity contribution in [2.45, 2.75) is 33.0 Å². The molecule has 1 N–H and O–H groups in total. The Morgan fingerprint density at radius 3 is 2.90 bits per heavy atom. The molecule has 108 valence electrons. The number of hydrogen-bond donors (Lipinski definition) is 1. The Hall–Kier alpha value is -1.52. The molecule has 1 aromatic heterocycles. The third kappa shape index (κ3) is 3.32. The van der Waals surface area contributed by atoms with Crippen LogP contribution in [0.5, 0.6) is 5.75 Å². The van der Waals surface area contributed by atoms with E-state index in [0.29, 0.717) is 17.4 Å². The Labute approximate surface area is 124 Å². The molecule has 1 aromatic carbocycles. The van der Waals surface area contributed by atoms with E-state index < -0.39 is 0 Å². The van der Waals surface area contributed by atoms with Crippen molar-refractivity contribution in [2.24, 2.45) is 0 Å². The van der Waals surface area contributed by atoms with Crippen molar-refractivity contribution >= 4 is 11.6 Å². The molecule has 0 radical (unpaired) electrons. The van der Waals surface area contributed by atoms with Crippen LogP contribution in [-0.4, -0.2) is 16.6 Å². The fourth-order valence-electron chi connectivity index (χ4n) is 1.98.